The van der Waals surface area contributed by atoms with E-state index >= 15 is 0 Å². The number of nitrogens with zero attached hydrogens (tertiary/aromatic N) is 1. The SMILES string of the molecule is Cc1cc(Br)c(S(=O)(=O)NCCN(C)C)cc1Br. The van der Waals surface area contributed by atoms with Crippen LogP contribution in [0, 0.1) is 6.92 Å². The number of halogens is 2. The van der Waals surface area contributed by atoms with Gasteiger partial charge in [0, 0.05) is 22.0 Å². The quantitative estimate of drug-likeness (QED) is 0.826. The summed E-state index contributed by atoms with van der Waals surface area (Å²) in [7, 11) is 0.312. The summed E-state index contributed by atoms with van der Waals surface area (Å²) >= 11 is 6.63. The van der Waals surface area contributed by atoms with Crippen molar-refractivity contribution in [2.45, 2.75) is 11.8 Å². The third-order valence-corrected chi connectivity index (χ3v) is 5.63. The molecular formula is C11H16Br2N2O2S. The van der Waals surface area contributed by atoms with Gasteiger partial charge in [0.1, 0.15) is 0 Å². The van der Waals surface area contributed by atoms with E-state index in [2.05, 4.69) is 36.6 Å². The Morgan fingerprint density at radius 2 is 1.83 bits per heavy atom. The van der Waals surface area contributed by atoms with Crippen LogP contribution in [-0.4, -0.2) is 40.5 Å². The molecule has 0 amide bonds. The average molecular weight is 400 g/mol. The molecule has 0 aromatic heterocycles. The third-order valence-electron chi connectivity index (χ3n) is 2.35. The van der Waals surface area contributed by atoms with Gasteiger partial charge in [-0.1, -0.05) is 15.9 Å². The highest BCUT2D eigenvalue weighted by Gasteiger charge is 2.18. The van der Waals surface area contributed by atoms with Gasteiger partial charge in [-0.05, 0) is 54.6 Å². The molecule has 0 heterocycles. The molecule has 18 heavy (non-hydrogen) atoms. The molecule has 1 rings (SSSR count). The van der Waals surface area contributed by atoms with Gasteiger partial charge in [-0.25, -0.2) is 13.1 Å². The van der Waals surface area contributed by atoms with E-state index < -0.39 is 10.0 Å². The van der Waals surface area contributed by atoms with Crippen molar-refractivity contribution in [2.24, 2.45) is 0 Å². The Labute approximate surface area is 125 Å². The second kappa shape index (κ2) is 6.47. The maximum Gasteiger partial charge on any atom is 0.241 e. The van der Waals surface area contributed by atoms with Crippen molar-refractivity contribution in [3.8, 4) is 0 Å². The molecule has 0 aliphatic rings. The van der Waals surface area contributed by atoms with E-state index in [1.54, 1.807) is 12.1 Å². The molecule has 1 N–H and O–H groups in total. The number of nitrogens with one attached hydrogen (secondary N) is 1. The van der Waals surface area contributed by atoms with Crippen LogP contribution in [0.4, 0.5) is 0 Å². The Bertz CT molecular complexity index is 530. The minimum Gasteiger partial charge on any atom is -0.308 e. The summed E-state index contributed by atoms with van der Waals surface area (Å²) in [6, 6.07) is 3.39. The van der Waals surface area contributed by atoms with Crippen molar-refractivity contribution in [1.29, 1.82) is 0 Å². The zero-order chi connectivity index (χ0) is 13.9. The van der Waals surface area contributed by atoms with E-state index in [0.29, 0.717) is 17.6 Å². The second-order valence-electron chi connectivity index (χ2n) is 4.23. The normalized spacial score (nSPS) is 12.1. The molecule has 0 saturated heterocycles. The minimum atomic E-state index is -3.48. The number of aryl methyl sites for hydroxylation is 1. The van der Waals surface area contributed by atoms with Gasteiger partial charge in [0.2, 0.25) is 10.0 Å². The first kappa shape index (κ1) is 16.1. The summed E-state index contributed by atoms with van der Waals surface area (Å²) in [4.78, 5) is 2.17. The van der Waals surface area contributed by atoms with Crippen LogP contribution in [0.3, 0.4) is 0 Å². The average Bonchev–Trinajstić information content (AvgIpc) is 2.22. The minimum absolute atomic E-state index is 0.249. The second-order valence-corrected chi connectivity index (χ2v) is 7.68. The van der Waals surface area contributed by atoms with E-state index in [1.807, 2.05) is 25.9 Å². The first-order chi connectivity index (χ1) is 8.24. The predicted molar refractivity (Wildman–Crippen MR) is 80.3 cm³/mol. The van der Waals surface area contributed by atoms with Crippen molar-refractivity contribution in [1.82, 2.24) is 9.62 Å². The summed E-state index contributed by atoms with van der Waals surface area (Å²) < 4.78 is 28.2. The van der Waals surface area contributed by atoms with Crippen LogP contribution in [0.15, 0.2) is 26.0 Å². The number of benzene rings is 1. The highest BCUT2D eigenvalue weighted by molar-refractivity contribution is 9.11. The molecule has 0 spiro atoms. The summed E-state index contributed by atoms with van der Waals surface area (Å²) in [5, 5.41) is 0. The lowest BCUT2D eigenvalue weighted by Crippen LogP contribution is -2.31. The Balaban J connectivity index is 2.95. The molecule has 1 aromatic carbocycles. The lowest BCUT2D eigenvalue weighted by molar-refractivity contribution is 0.412. The van der Waals surface area contributed by atoms with Gasteiger partial charge in [0.25, 0.3) is 0 Å². The third kappa shape index (κ3) is 4.31. The zero-order valence-electron chi connectivity index (χ0n) is 10.5. The molecule has 0 radical (unpaired) electrons. The molecule has 0 unspecified atom stereocenters. The number of hydrogen-bond acceptors (Lipinski definition) is 3. The Morgan fingerprint density at radius 1 is 1.22 bits per heavy atom. The van der Waals surface area contributed by atoms with Crippen molar-refractivity contribution in [3.05, 3.63) is 26.6 Å². The standard InChI is InChI=1S/C11H16Br2N2O2S/c1-8-6-10(13)11(7-9(8)12)18(16,17)14-4-5-15(2)3/h6-7,14H,4-5H2,1-3H3. The molecule has 0 atom stereocenters. The fraction of sp³-hybridized carbons (Fsp3) is 0.455. The molecule has 0 fully saturated rings. The summed E-state index contributed by atoms with van der Waals surface area (Å²) in [5.74, 6) is 0. The first-order valence-corrected chi connectivity index (χ1v) is 8.41. The van der Waals surface area contributed by atoms with Gasteiger partial charge in [0.05, 0.1) is 4.90 Å². The van der Waals surface area contributed by atoms with Gasteiger partial charge in [-0.2, -0.15) is 0 Å². The van der Waals surface area contributed by atoms with Gasteiger partial charge < -0.3 is 4.90 Å². The van der Waals surface area contributed by atoms with Crippen molar-refractivity contribution in [2.75, 3.05) is 27.2 Å². The number of sulfonamides is 1. The topological polar surface area (TPSA) is 49.4 Å². The molecule has 7 heteroatoms. The highest BCUT2D eigenvalue weighted by atomic mass is 79.9. The van der Waals surface area contributed by atoms with Crippen LogP contribution in [0.25, 0.3) is 0 Å². The smallest absolute Gasteiger partial charge is 0.241 e. The van der Waals surface area contributed by atoms with E-state index in [4.69, 9.17) is 0 Å². The zero-order valence-corrected chi connectivity index (χ0v) is 14.5. The van der Waals surface area contributed by atoms with Crippen LogP contribution < -0.4 is 4.72 Å². The van der Waals surface area contributed by atoms with Crippen LogP contribution in [0.1, 0.15) is 5.56 Å². The maximum atomic E-state index is 12.1. The molecule has 0 bridgehead atoms. The van der Waals surface area contributed by atoms with Crippen LogP contribution in [0.5, 0.6) is 0 Å². The fourth-order valence-electron chi connectivity index (χ4n) is 1.32. The van der Waals surface area contributed by atoms with Gasteiger partial charge in [-0.15, -0.1) is 0 Å². The lowest BCUT2D eigenvalue weighted by atomic mass is 10.2. The summed E-state index contributed by atoms with van der Waals surface area (Å²) in [6.45, 7) is 2.95. The van der Waals surface area contributed by atoms with Crippen molar-refractivity contribution < 1.29 is 8.42 Å². The van der Waals surface area contributed by atoms with E-state index in [0.717, 1.165) is 10.0 Å². The van der Waals surface area contributed by atoms with Crippen molar-refractivity contribution in [3.63, 3.8) is 0 Å². The molecule has 102 valence electrons. The molecule has 0 saturated carbocycles. The molecule has 4 nitrogen and oxygen atoms in total. The molecule has 0 aliphatic carbocycles. The first-order valence-electron chi connectivity index (χ1n) is 5.34. The largest absolute Gasteiger partial charge is 0.308 e. The van der Waals surface area contributed by atoms with Crippen LogP contribution in [-0.2, 0) is 10.0 Å². The van der Waals surface area contributed by atoms with Gasteiger partial charge in [0.15, 0.2) is 0 Å². The number of likely N-dealkylation sites (N-methyl/N-ethyl adjacent to an activating group) is 1. The highest BCUT2D eigenvalue weighted by Crippen LogP contribution is 2.28. The van der Waals surface area contributed by atoms with Crippen LogP contribution in [0.2, 0.25) is 0 Å². The van der Waals surface area contributed by atoms with Crippen molar-refractivity contribution >= 4 is 41.9 Å². The van der Waals surface area contributed by atoms with E-state index in [9.17, 15) is 8.42 Å². The lowest BCUT2D eigenvalue weighted by Gasteiger charge is -2.12. The summed E-state index contributed by atoms with van der Waals surface area (Å²) in [5.41, 5.74) is 0.981. The molecule has 1 aromatic rings. The predicted octanol–water partition coefficient (Wildman–Crippen LogP) is 2.36. The monoisotopic (exact) mass is 398 g/mol. The van der Waals surface area contributed by atoms with Gasteiger partial charge in [-0.3, -0.25) is 0 Å². The fourth-order valence-corrected chi connectivity index (χ4v) is 4.01. The number of hydrogen-bond donors (Lipinski definition) is 1. The van der Waals surface area contributed by atoms with Crippen LogP contribution >= 0.6 is 31.9 Å². The Hall–Kier alpha value is 0.0500. The Kier molecular flexibility index (Phi) is 5.79. The number of rotatable bonds is 5. The molecular weight excluding hydrogens is 384 g/mol. The van der Waals surface area contributed by atoms with Gasteiger partial charge >= 0.3 is 0 Å². The summed E-state index contributed by atoms with van der Waals surface area (Å²) in [6.07, 6.45) is 0. The van der Waals surface area contributed by atoms with E-state index in [-0.39, 0.29) is 4.90 Å². The Morgan fingerprint density at radius 3 is 2.39 bits per heavy atom. The molecule has 0 aliphatic heterocycles. The van der Waals surface area contributed by atoms with E-state index in [1.165, 1.54) is 0 Å². The maximum absolute atomic E-state index is 12.1.